The SMILES string of the molecule is C1=CCCCCC=C1.CC(=O)/C=C(/C)O.F.F.F.F.F.F.[Ag]. The Kier molecular flexibility index (Phi) is 83.2. The molecule has 1 rings (SSSR count). The van der Waals surface area contributed by atoms with E-state index in [0.717, 1.165) is 0 Å². The maximum atomic E-state index is 10.0. The van der Waals surface area contributed by atoms with E-state index in [1.165, 1.54) is 45.6 Å². The predicted molar refractivity (Wildman–Crippen MR) is 78.8 cm³/mol. The van der Waals surface area contributed by atoms with Gasteiger partial charge in [-0.05, 0) is 39.5 Å². The van der Waals surface area contributed by atoms with Crippen LogP contribution in [0.3, 0.4) is 0 Å². The minimum atomic E-state index is -0.125. The van der Waals surface area contributed by atoms with Crippen molar-refractivity contribution in [1.29, 1.82) is 0 Å². The van der Waals surface area contributed by atoms with Crippen molar-refractivity contribution in [2.45, 2.75) is 39.5 Å². The zero-order valence-electron chi connectivity index (χ0n) is 12.3. The molecular formula is C13H26AgF6O2. The van der Waals surface area contributed by atoms with Gasteiger partial charge in [-0.3, -0.25) is 33.0 Å². The van der Waals surface area contributed by atoms with E-state index in [0.29, 0.717) is 0 Å². The average molecular weight is 436 g/mol. The summed E-state index contributed by atoms with van der Waals surface area (Å²) in [7, 11) is 0. The normalized spacial score (nSPS) is 10.9. The molecule has 1 N–H and O–H groups in total. The first-order chi connectivity index (χ1) is 7.13. The summed E-state index contributed by atoms with van der Waals surface area (Å²) in [5.74, 6) is -0.0625. The third-order valence-electron chi connectivity index (χ3n) is 1.79. The van der Waals surface area contributed by atoms with Gasteiger partial charge in [-0.2, -0.15) is 0 Å². The number of carbonyl (C=O) groups is 1. The molecule has 0 aliphatic heterocycles. The van der Waals surface area contributed by atoms with Crippen LogP contribution in [0.2, 0.25) is 0 Å². The first-order valence-corrected chi connectivity index (χ1v) is 5.32. The molecule has 0 heterocycles. The van der Waals surface area contributed by atoms with Crippen molar-refractivity contribution in [3.8, 4) is 0 Å². The number of rotatable bonds is 1. The number of hydrogen-bond donors (Lipinski definition) is 1. The predicted octanol–water partition coefficient (Wildman–Crippen LogP) is 4.62. The molecule has 1 aliphatic carbocycles. The fraction of sp³-hybridized carbons (Fsp3) is 0.462. The Labute approximate surface area is 142 Å². The van der Waals surface area contributed by atoms with E-state index in [2.05, 4.69) is 24.3 Å². The van der Waals surface area contributed by atoms with Crippen LogP contribution >= 0.6 is 0 Å². The maximum absolute atomic E-state index is 10.0. The molecule has 1 radical (unpaired) electrons. The smallest absolute Gasteiger partial charge is 0.155 e. The third-order valence-corrected chi connectivity index (χ3v) is 1.79. The molecule has 0 fully saturated rings. The van der Waals surface area contributed by atoms with Crippen molar-refractivity contribution in [1.82, 2.24) is 0 Å². The molecule has 1 aliphatic rings. The van der Waals surface area contributed by atoms with Gasteiger partial charge in [0.05, 0.1) is 5.76 Å². The maximum Gasteiger partial charge on any atom is 0.155 e. The first kappa shape index (κ1) is 49.7. The quantitative estimate of drug-likeness (QED) is 0.282. The van der Waals surface area contributed by atoms with Crippen LogP contribution in [0.15, 0.2) is 36.1 Å². The van der Waals surface area contributed by atoms with Gasteiger partial charge in [0, 0.05) is 28.5 Å². The molecule has 0 spiro atoms. The van der Waals surface area contributed by atoms with Gasteiger partial charge in [0.2, 0.25) is 0 Å². The first-order valence-electron chi connectivity index (χ1n) is 5.32. The van der Waals surface area contributed by atoms with Gasteiger partial charge in [-0.15, -0.1) is 0 Å². The Morgan fingerprint density at radius 1 is 0.864 bits per heavy atom. The standard InChI is InChI=1S/C8H12.C5H8O2.Ag.6FH/c1-2-4-6-8-7-5-3-1;1-4(6)3-5(2)7;;;;;;;/h1-4H,5-8H2;3,6H,1-2H3;;6*1H/b;4-3-;;;;;;;. The monoisotopic (exact) mass is 435 g/mol. The summed E-state index contributed by atoms with van der Waals surface area (Å²) in [6.07, 6.45) is 15.2. The molecule has 22 heavy (non-hydrogen) atoms. The largest absolute Gasteiger partial charge is 0.512 e. The molecular weight excluding hydrogens is 410 g/mol. The van der Waals surface area contributed by atoms with Crippen molar-refractivity contribution in [2.24, 2.45) is 0 Å². The Morgan fingerprint density at radius 3 is 1.36 bits per heavy atom. The van der Waals surface area contributed by atoms with Crippen molar-refractivity contribution < 1.29 is 60.5 Å². The summed E-state index contributed by atoms with van der Waals surface area (Å²) >= 11 is 0. The summed E-state index contributed by atoms with van der Waals surface area (Å²) in [6, 6.07) is 0. The minimum Gasteiger partial charge on any atom is -0.512 e. The summed E-state index contributed by atoms with van der Waals surface area (Å²) in [5.41, 5.74) is 0. The van der Waals surface area contributed by atoms with E-state index >= 15 is 0 Å². The Balaban J connectivity index is -0.0000000227. The second-order valence-corrected chi connectivity index (χ2v) is 3.54. The molecule has 0 amide bonds. The molecule has 0 atom stereocenters. The number of hydrogen-bond acceptors (Lipinski definition) is 2. The minimum absolute atomic E-state index is 0. The van der Waals surface area contributed by atoms with Gasteiger partial charge in [-0.25, -0.2) is 0 Å². The molecule has 9 heteroatoms. The van der Waals surface area contributed by atoms with Crippen LogP contribution < -0.4 is 0 Å². The van der Waals surface area contributed by atoms with E-state index in [9.17, 15) is 4.79 Å². The van der Waals surface area contributed by atoms with Gasteiger partial charge in [0.25, 0.3) is 0 Å². The molecule has 0 unspecified atom stereocenters. The van der Waals surface area contributed by atoms with Crippen molar-refractivity contribution in [2.75, 3.05) is 0 Å². The third kappa shape index (κ3) is 50.9. The Morgan fingerprint density at radius 2 is 1.18 bits per heavy atom. The van der Waals surface area contributed by atoms with Crippen LogP contribution in [-0.4, -0.2) is 10.9 Å². The van der Waals surface area contributed by atoms with Crippen molar-refractivity contribution in [3.63, 3.8) is 0 Å². The van der Waals surface area contributed by atoms with Crippen LogP contribution in [0.5, 0.6) is 0 Å². The number of aliphatic hydroxyl groups excluding tert-OH is 1. The number of halogens is 6. The molecule has 0 saturated carbocycles. The second kappa shape index (κ2) is 36.8. The number of aliphatic hydroxyl groups is 1. The van der Waals surface area contributed by atoms with Gasteiger partial charge in [0.1, 0.15) is 0 Å². The van der Waals surface area contributed by atoms with Gasteiger partial charge >= 0.3 is 0 Å². The van der Waals surface area contributed by atoms with Crippen LogP contribution in [0.25, 0.3) is 0 Å². The second-order valence-electron chi connectivity index (χ2n) is 3.54. The van der Waals surface area contributed by atoms with E-state index in [1.807, 2.05) is 0 Å². The fourth-order valence-electron chi connectivity index (χ4n) is 1.17. The Bertz CT molecular complexity index is 266. The summed E-state index contributed by atoms with van der Waals surface area (Å²) in [4.78, 5) is 10.0. The van der Waals surface area contributed by atoms with Crippen molar-refractivity contribution in [3.05, 3.63) is 36.1 Å². The van der Waals surface area contributed by atoms with Crippen molar-refractivity contribution >= 4 is 5.78 Å². The average Bonchev–Trinajstić information content (AvgIpc) is 1.99. The fourth-order valence-corrected chi connectivity index (χ4v) is 1.17. The summed E-state index contributed by atoms with van der Waals surface area (Å²) in [6.45, 7) is 2.85. The van der Waals surface area contributed by atoms with E-state index in [1.54, 1.807) is 0 Å². The zero-order chi connectivity index (χ0) is 11.5. The number of carbonyl (C=O) groups excluding carboxylic acids is 1. The molecule has 0 saturated heterocycles. The van der Waals surface area contributed by atoms with E-state index < -0.39 is 0 Å². The summed E-state index contributed by atoms with van der Waals surface area (Å²) in [5, 5.41) is 8.36. The van der Waals surface area contributed by atoms with Gasteiger partial charge in [-0.1, -0.05) is 24.3 Å². The van der Waals surface area contributed by atoms with Gasteiger partial charge in [0.15, 0.2) is 5.78 Å². The molecule has 0 aromatic carbocycles. The topological polar surface area (TPSA) is 37.3 Å². The molecule has 0 aromatic rings. The van der Waals surface area contributed by atoms with Crippen LogP contribution in [0.4, 0.5) is 28.2 Å². The van der Waals surface area contributed by atoms with Crippen LogP contribution in [0.1, 0.15) is 39.5 Å². The summed E-state index contributed by atoms with van der Waals surface area (Å²) < 4.78 is 0. The molecule has 0 aromatic heterocycles. The number of allylic oxidation sites excluding steroid dienone is 6. The zero-order valence-corrected chi connectivity index (χ0v) is 13.8. The molecule has 143 valence electrons. The van der Waals surface area contributed by atoms with Crippen LogP contribution in [-0.2, 0) is 27.2 Å². The van der Waals surface area contributed by atoms with E-state index in [4.69, 9.17) is 5.11 Å². The van der Waals surface area contributed by atoms with E-state index in [-0.39, 0.29) is 62.1 Å². The number of ketones is 1. The molecule has 2 nitrogen and oxygen atoms in total. The van der Waals surface area contributed by atoms with Crippen LogP contribution in [0, 0.1) is 0 Å². The molecule has 0 bridgehead atoms. The van der Waals surface area contributed by atoms with Gasteiger partial charge < -0.3 is 5.11 Å². The Hall–Kier alpha value is -0.990.